The normalized spacial score (nSPS) is 17.6. The maximum Gasteiger partial charge on any atom is 0.338 e. The van der Waals surface area contributed by atoms with Crippen molar-refractivity contribution in [2.75, 3.05) is 6.61 Å². The molecular weight excluding hydrogens is 388 g/mol. The van der Waals surface area contributed by atoms with Crippen molar-refractivity contribution in [2.24, 2.45) is 17.8 Å². The molecule has 31 heavy (non-hydrogen) atoms. The zero-order valence-electron chi connectivity index (χ0n) is 21.6. The van der Waals surface area contributed by atoms with Crippen LogP contribution in [0.15, 0.2) is 0 Å². The summed E-state index contributed by atoms with van der Waals surface area (Å²) in [7, 11) is 0. The molecule has 0 aliphatic carbocycles. The Morgan fingerprint density at radius 2 is 1.23 bits per heavy atom. The standard InChI is InChI=1S/C27H54O4/c1-7-13-16-22(10-4)19-25(28)27(26(29)30,20-23(11-5)17-14-8-2)31-21-24(12-6)18-15-9-3/h22-25,28H,7-21H2,1-6H3,(H,29,30). The van der Waals surface area contributed by atoms with Crippen molar-refractivity contribution in [1.82, 2.24) is 0 Å². The SMILES string of the molecule is CCCCC(CC)COC(CC(CC)CCCC)(C(=O)O)C(O)CC(CC)CCCC. The summed E-state index contributed by atoms with van der Waals surface area (Å²) >= 11 is 0. The van der Waals surface area contributed by atoms with Gasteiger partial charge in [-0.05, 0) is 37.0 Å². The van der Waals surface area contributed by atoms with Gasteiger partial charge in [-0.15, -0.1) is 0 Å². The van der Waals surface area contributed by atoms with Crippen molar-refractivity contribution in [1.29, 1.82) is 0 Å². The molecule has 5 unspecified atom stereocenters. The third kappa shape index (κ3) is 11.2. The predicted octanol–water partition coefficient (Wildman–Crippen LogP) is 7.62. The molecule has 4 nitrogen and oxygen atoms in total. The highest BCUT2D eigenvalue weighted by Crippen LogP contribution is 2.35. The lowest BCUT2D eigenvalue weighted by molar-refractivity contribution is -0.193. The highest BCUT2D eigenvalue weighted by Gasteiger charge is 2.48. The number of carboxylic acids is 1. The van der Waals surface area contributed by atoms with Crippen molar-refractivity contribution in [3.05, 3.63) is 0 Å². The number of hydrogen-bond donors (Lipinski definition) is 2. The zero-order valence-corrected chi connectivity index (χ0v) is 21.6. The molecule has 0 radical (unpaired) electrons. The Hall–Kier alpha value is -0.610. The minimum atomic E-state index is -1.49. The van der Waals surface area contributed by atoms with Gasteiger partial charge in [-0.1, -0.05) is 112 Å². The molecule has 0 spiro atoms. The zero-order chi connectivity index (χ0) is 23.7. The third-order valence-corrected chi connectivity index (χ3v) is 7.26. The molecule has 0 fully saturated rings. The average molecular weight is 443 g/mol. The van der Waals surface area contributed by atoms with Crippen LogP contribution in [-0.2, 0) is 9.53 Å². The van der Waals surface area contributed by atoms with Crippen molar-refractivity contribution in [3.8, 4) is 0 Å². The van der Waals surface area contributed by atoms with Gasteiger partial charge in [-0.25, -0.2) is 4.79 Å². The van der Waals surface area contributed by atoms with Gasteiger partial charge in [0, 0.05) is 0 Å². The van der Waals surface area contributed by atoms with E-state index < -0.39 is 17.7 Å². The number of carbonyl (C=O) groups is 1. The highest BCUT2D eigenvalue weighted by molar-refractivity contribution is 5.78. The predicted molar refractivity (Wildman–Crippen MR) is 131 cm³/mol. The molecule has 186 valence electrons. The van der Waals surface area contributed by atoms with E-state index in [2.05, 4.69) is 41.5 Å². The molecule has 5 atom stereocenters. The molecule has 4 heteroatoms. The molecule has 0 aromatic heterocycles. The van der Waals surface area contributed by atoms with E-state index in [0.717, 1.165) is 77.0 Å². The molecule has 0 saturated heterocycles. The minimum absolute atomic E-state index is 0.261. The molecule has 0 heterocycles. The summed E-state index contributed by atoms with van der Waals surface area (Å²) in [4.78, 5) is 12.7. The lowest BCUT2D eigenvalue weighted by atomic mass is 9.78. The second kappa shape index (κ2) is 17.9. The molecule has 2 N–H and O–H groups in total. The van der Waals surface area contributed by atoms with Gasteiger partial charge < -0.3 is 14.9 Å². The van der Waals surface area contributed by atoms with Crippen LogP contribution in [0.5, 0.6) is 0 Å². The summed E-state index contributed by atoms with van der Waals surface area (Å²) in [6.07, 6.45) is 12.6. The number of aliphatic carboxylic acids is 1. The van der Waals surface area contributed by atoms with Crippen LogP contribution in [0.3, 0.4) is 0 Å². The van der Waals surface area contributed by atoms with E-state index in [9.17, 15) is 15.0 Å². The molecule has 0 aromatic rings. The van der Waals surface area contributed by atoms with Crippen LogP contribution < -0.4 is 0 Å². The van der Waals surface area contributed by atoms with E-state index in [1.165, 1.54) is 0 Å². The van der Waals surface area contributed by atoms with Crippen molar-refractivity contribution >= 4 is 5.97 Å². The van der Waals surface area contributed by atoms with E-state index in [0.29, 0.717) is 31.3 Å². The Bertz CT molecular complexity index is 439. The number of unbranched alkanes of at least 4 members (excludes halogenated alkanes) is 3. The summed E-state index contributed by atoms with van der Waals surface area (Å²) in [6, 6.07) is 0. The van der Waals surface area contributed by atoms with E-state index in [4.69, 9.17) is 4.74 Å². The minimum Gasteiger partial charge on any atom is -0.479 e. The first-order valence-electron chi connectivity index (χ1n) is 13.4. The first-order valence-corrected chi connectivity index (χ1v) is 13.4. The smallest absolute Gasteiger partial charge is 0.338 e. The first-order chi connectivity index (χ1) is 14.8. The van der Waals surface area contributed by atoms with Crippen LogP contribution in [0, 0.1) is 17.8 Å². The Labute approximate surface area is 193 Å². The van der Waals surface area contributed by atoms with Crippen LogP contribution in [0.4, 0.5) is 0 Å². The number of aliphatic hydroxyl groups is 1. The fraction of sp³-hybridized carbons (Fsp3) is 0.963. The maximum atomic E-state index is 12.7. The molecule has 0 amide bonds. The number of ether oxygens (including phenoxy) is 1. The topological polar surface area (TPSA) is 66.8 Å². The Morgan fingerprint density at radius 1 is 0.774 bits per heavy atom. The molecule has 0 bridgehead atoms. The molecule has 0 rings (SSSR count). The fourth-order valence-electron chi connectivity index (χ4n) is 4.61. The van der Waals surface area contributed by atoms with Gasteiger partial charge in [0.25, 0.3) is 0 Å². The molecule has 0 aliphatic heterocycles. The Morgan fingerprint density at radius 3 is 1.65 bits per heavy atom. The number of rotatable bonds is 21. The van der Waals surface area contributed by atoms with E-state index in [-0.39, 0.29) is 5.92 Å². The second-order valence-electron chi connectivity index (χ2n) is 9.71. The van der Waals surface area contributed by atoms with E-state index in [1.54, 1.807) is 0 Å². The van der Waals surface area contributed by atoms with Crippen LogP contribution in [0.1, 0.15) is 131 Å². The van der Waals surface area contributed by atoms with Crippen molar-refractivity contribution in [3.63, 3.8) is 0 Å². The van der Waals surface area contributed by atoms with Gasteiger partial charge in [0.2, 0.25) is 0 Å². The van der Waals surface area contributed by atoms with Crippen LogP contribution in [-0.4, -0.2) is 34.5 Å². The van der Waals surface area contributed by atoms with Crippen molar-refractivity contribution in [2.45, 2.75) is 143 Å². The number of carboxylic acid groups (broad SMARTS) is 1. The van der Waals surface area contributed by atoms with Gasteiger partial charge in [-0.3, -0.25) is 0 Å². The molecular formula is C27H54O4. The number of aliphatic hydroxyl groups excluding tert-OH is 1. The quantitative estimate of drug-likeness (QED) is 0.192. The van der Waals surface area contributed by atoms with Gasteiger partial charge in [0.1, 0.15) is 0 Å². The van der Waals surface area contributed by atoms with Gasteiger partial charge in [-0.2, -0.15) is 0 Å². The summed E-state index contributed by atoms with van der Waals surface area (Å²) in [5.74, 6) is -0.0264. The van der Waals surface area contributed by atoms with Gasteiger partial charge in [0.15, 0.2) is 5.60 Å². The highest BCUT2D eigenvalue weighted by atomic mass is 16.5. The van der Waals surface area contributed by atoms with Gasteiger partial charge in [0.05, 0.1) is 12.7 Å². The molecule has 0 aliphatic rings. The van der Waals surface area contributed by atoms with Crippen LogP contribution >= 0.6 is 0 Å². The number of hydrogen-bond acceptors (Lipinski definition) is 3. The Kier molecular flexibility index (Phi) is 17.5. The van der Waals surface area contributed by atoms with E-state index in [1.807, 2.05) is 0 Å². The fourth-order valence-corrected chi connectivity index (χ4v) is 4.61. The summed E-state index contributed by atoms with van der Waals surface area (Å²) in [5.41, 5.74) is -1.49. The average Bonchev–Trinajstić information content (AvgIpc) is 2.77. The first kappa shape index (κ1) is 30.4. The third-order valence-electron chi connectivity index (χ3n) is 7.26. The largest absolute Gasteiger partial charge is 0.479 e. The van der Waals surface area contributed by atoms with Crippen molar-refractivity contribution < 1.29 is 19.7 Å². The maximum absolute atomic E-state index is 12.7. The lowest BCUT2D eigenvalue weighted by Crippen LogP contribution is -2.54. The Balaban J connectivity index is 5.69. The summed E-state index contributed by atoms with van der Waals surface area (Å²) < 4.78 is 6.32. The molecule has 0 saturated carbocycles. The second-order valence-corrected chi connectivity index (χ2v) is 9.71. The van der Waals surface area contributed by atoms with E-state index >= 15 is 0 Å². The van der Waals surface area contributed by atoms with Gasteiger partial charge >= 0.3 is 5.97 Å². The summed E-state index contributed by atoms with van der Waals surface area (Å²) in [6.45, 7) is 13.4. The molecule has 0 aromatic carbocycles. The van der Waals surface area contributed by atoms with Crippen LogP contribution in [0.25, 0.3) is 0 Å². The van der Waals surface area contributed by atoms with Crippen LogP contribution in [0.2, 0.25) is 0 Å². The monoisotopic (exact) mass is 442 g/mol. The lowest BCUT2D eigenvalue weighted by Gasteiger charge is -2.39. The summed E-state index contributed by atoms with van der Waals surface area (Å²) in [5, 5.41) is 21.8.